The first kappa shape index (κ1) is 10.3. The second-order valence-electron chi connectivity index (χ2n) is 5.49. The highest BCUT2D eigenvalue weighted by atomic mass is 15.2. The van der Waals surface area contributed by atoms with E-state index in [9.17, 15) is 0 Å². The van der Waals surface area contributed by atoms with Crippen molar-refractivity contribution >= 4 is 0 Å². The van der Waals surface area contributed by atoms with Gasteiger partial charge in [-0.25, -0.2) is 0 Å². The average Bonchev–Trinajstić information content (AvgIpc) is 2.90. The predicted octanol–water partition coefficient (Wildman–Crippen LogP) is 2.55. The quantitative estimate of drug-likeness (QED) is 0.602. The monoisotopic (exact) mass is 216 g/mol. The molecule has 86 valence electrons. The maximum Gasteiger partial charge on any atom is 0.0490 e. The number of hydrazine groups is 1. The van der Waals surface area contributed by atoms with Crippen molar-refractivity contribution in [3.8, 4) is 0 Å². The van der Waals surface area contributed by atoms with Crippen molar-refractivity contribution in [1.82, 2.24) is 5.43 Å². The highest BCUT2D eigenvalue weighted by Gasteiger charge is 2.48. The van der Waals surface area contributed by atoms with Gasteiger partial charge >= 0.3 is 0 Å². The highest BCUT2D eigenvalue weighted by Crippen LogP contribution is 2.57. The number of hydrogen-bond donors (Lipinski definition) is 2. The third-order valence-electron chi connectivity index (χ3n) is 4.45. The Morgan fingerprint density at radius 2 is 1.88 bits per heavy atom. The molecular weight excluding hydrogens is 196 g/mol. The molecule has 2 aliphatic rings. The van der Waals surface area contributed by atoms with Crippen LogP contribution in [0.15, 0.2) is 24.3 Å². The SMILES string of the molecule is Cc1ccccc1C(NN)C1CC2CC2C1. The Morgan fingerprint density at radius 3 is 2.50 bits per heavy atom. The molecule has 0 amide bonds. The van der Waals surface area contributed by atoms with Crippen LogP contribution in [0.25, 0.3) is 0 Å². The van der Waals surface area contributed by atoms with Gasteiger partial charge in [-0.15, -0.1) is 0 Å². The van der Waals surface area contributed by atoms with Crippen molar-refractivity contribution < 1.29 is 0 Å². The summed E-state index contributed by atoms with van der Waals surface area (Å²) in [5.74, 6) is 8.55. The van der Waals surface area contributed by atoms with Crippen molar-refractivity contribution in [2.75, 3.05) is 0 Å². The largest absolute Gasteiger partial charge is 0.271 e. The Bertz CT molecular complexity index is 378. The van der Waals surface area contributed by atoms with Crippen LogP contribution in [0, 0.1) is 24.7 Å². The number of benzene rings is 1. The third kappa shape index (κ3) is 1.66. The molecule has 2 fully saturated rings. The molecule has 1 aromatic rings. The summed E-state index contributed by atoms with van der Waals surface area (Å²) in [5, 5.41) is 0. The van der Waals surface area contributed by atoms with Gasteiger partial charge in [-0.3, -0.25) is 11.3 Å². The van der Waals surface area contributed by atoms with Gasteiger partial charge in [-0.05, 0) is 55.1 Å². The summed E-state index contributed by atoms with van der Waals surface area (Å²) < 4.78 is 0. The first-order chi connectivity index (χ1) is 7.79. The highest BCUT2D eigenvalue weighted by molar-refractivity contribution is 5.29. The Labute approximate surface area is 97.2 Å². The van der Waals surface area contributed by atoms with E-state index in [2.05, 4.69) is 36.6 Å². The smallest absolute Gasteiger partial charge is 0.0490 e. The Kier molecular flexibility index (Phi) is 2.49. The van der Waals surface area contributed by atoms with Crippen molar-refractivity contribution in [3.63, 3.8) is 0 Å². The van der Waals surface area contributed by atoms with E-state index in [1.54, 1.807) is 0 Å². The number of hydrogen-bond acceptors (Lipinski definition) is 2. The molecule has 3 rings (SSSR count). The van der Waals surface area contributed by atoms with Gasteiger partial charge in [-0.2, -0.15) is 0 Å². The van der Waals surface area contributed by atoms with Crippen LogP contribution in [-0.2, 0) is 0 Å². The van der Waals surface area contributed by atoms with Crippen LogP contribution in [0.1, 0.15) is 36.4 Å². The van der Waals surface area contributed by atoms with E-state index in [4.69, 9.17) is 5.84 Å². The molecule has 1 aromatic carbocycles. The lowest BCUT2D eigenvalue weighted by Crippen LogP contribution is -2.33. The van der Waals surface area contributed by atoms with Gasteiger partial charge < -0.3 is 0 Å². The van der Waals surface area contributed by atoms with Crippen molar-refractivity contribution in [2.24, 2.45) is 23.6 Å². The third-order valence-corrected chi connectivity index (χ3v) is 4.45. The topological polar surface area (TPSA) is 38.0 Å². The summed E-state index contributed by atoms with van der Waals surface area (Å²) in [6, 6.07) is 8.95. The van der Waals surface area contributed by atoms with Crippen molar-refractivity contribution in [2.45, 2.75) is 32.2 Å². The first-order valence-electron chi connectivity index (χ1n) is 6.31. The van der Waals surface area contributed by atoms with Crippen LogP contribution >= 0.6 is 0 Å². The van der Waals surface area contributed by atoms with Crippen LogP contribution in [0.4, 0.5) is 0 Å². The van der Waals surface area contributed by atoms with E-state index in [0.717, 1.165) is 17.8 Å². The molecule has 2 heteroatoms. The maximum atomic E-state index is 5.76. The summed E-state index contributed by atoms with van der Waals surface area (Å²) >= 11 is 0. The summed E-state index contributed by atoms with van der Waals surface area (Å²) in [6.45, 7) is 2.18. The average molecular weight is 216 g/mol. The van der Waals surface area contributed by atoms with E-state index in [1.807, 2.05) is 0 Å². The second kappa shape index (κ2) is 3.86. The predicted molar refractivity (Wildman–Crippen MR) is 65.6 cm³/mol. The Hall–Kier alpha value is -0.860. The standard InChI is InChI=1S/C14H20N2/c1-9-4-2-3-5-13(9)14(16-15)12-7-10-6-11(10)8-12/h2-5,10-12,14,16H,6-8,15H2,1H3. The summed E-state index contributed by atoms with van der Waals surface area (Å²) in [5.41, 5.74) is 5.78. The molecule has 0 heterocycles. The van der Waals surface area contributed by atoms with Crippen LogP contribution in [-0.4, -0.2) is 0 Å². The summed E-state index contributed by atoms with van der Waals surface area (Å²) in [6.07, 6.45) is 4.21. The Balaban J connectivity index is 1.82. The molecule has 16 heavy (non-hydrogen) atoms. The minimum absolute atomic E-state index is 0.356. The first-order valence-corrected chi connectivity index (χ1v) is 6.31. The Morgan fingerprint density at radius 1 is 1.19 bits per heavy atom. The molecule has 2 aliphatic carbocycles. The lowest BCUT2D eigenvalue weighted by Gasteiger charge is -2.25. The fourth-order valence-electron chi connectivity index (χ4n) is 3.45. The summed E-state index contributed by atoms with van der Waals surface area (Å²) in [4.78, 5) is 0. The van der Waals surface area contributed by atoms with Gasteiger partial charge in [0.25, 0.3) is 0 Å². The molecule has 0 aromatic heterocycles. The molecule has 0 saturated heterocycles. The van der Waals surface area contributed by atoms with Crippen molar-refractivity contribution in [3.05, 3.63) is 35.4 Å². The summed E-state index contributed by atoms with van der Waals surface area (Å²) in [7, 11) is 0. The molecule has 0 spiro atoms. The van der Waals surface area contributed by atoms with Gasteiger partial charge in [0, 0.05) is 6.04 Å². The van der Waals surface area contributed by atoms with Gasteiger partial charge in [0.1, 0.15) is 0 Å². The molecule has 3 N–H and O–H groups in total. The fourth-order valence-corrected chi connectivity index (χ4v) is 3.45. The van der Waals surface area contributed by atoms with Gasteiger partial charge in [0.05, 0.1) is 0 Å². The number of fused-ring (bicyclic) bond motifs is 1. The fraction of sp³-hybridized carbons (Fsp3) is 0.571. The van der Waals surface area contributed by atoms with E-state index in [0.29, 0.717) is 6.04 Å². The lowest BCUT2D eigenvalue weighted by atomic mass is 9.87. The van der Waals surface area contributed by atoms with E-state index >= 15 is 0 Å². The molecule has 2 saturated carbocycles. The van der Waals surface area contributed by atoms with E-state index < -0.39 is 0 Å². The van der Waals surface area contributed by atoms with Crippen LogP contribution in [0.2, 0.25) is 0 Å². The second-order valence-corrected chi connectivity index (χ2v) is 5.49. The zero-order chi connectivity index (χ0) is 11.1. The molecule has 3 atom stereocenters. The van der Waals surface area contributed by atoms with Crippen molar-refractivity contribution in [1.29, 1.82) is 0 Å². The van der Waals surface area contributed by atoms with E-state index in [1.165, 1.54) is 30.4 Å². The minimum Gasteiger partial charge on any atom is -0.271 e. The molecule has 0 aliphatic heterocycles. The zero-order valence-electron chi connectivity index (χ0n) is 9.82. The van der Waals surface area contributed by atoms with Gasteiger partial charge in [0.2, 0.25) is 0 Å². The van der Waals surface area contributed by atoms with Crippen LogP contribution in [0.3, 0.4) is 0 Å². The maximum absolute atomic E-state index is 5.76. The molecule has 0 bridgehead atoms. The van der Waals surface area contributed by atoms with Crippen LogP contribution < -0.4 is 11.3 Å². The van der Waals surface area contributed by atoms with E-state index in [-0.39, 0.29) is 0 Å². The molecule has 0 radical (unpaired) electrons. The molecule has 3 unspecified atom stereocenters. The zero-order valence-corrected chi connectivity index (χ0v) is 9.82. The minimum atomic E-state index is 0.356. The normalized spacial score (nSPS) is 33.5. The lowest BCUT2D eigenvalue weighted by molar-refractivity contribution is 0.344. The number of nitrogens with two attached hydrogens (primary N) is 1. The van der Waals surface area contributed by atoms with Gasteiger partial charge in [-0.1, -0.05) is 24.3 Å². The molecular formula is C14H20N2. The molecule has 2 nitrogen and oxygen atoms in total. The number of rotatable bonds is 3. The van der Waals surface area contributed by atoms with Gasteiger partial charge in [0.15, 0.2) is 0 Å². The number of aryl methyl sites for hydroxylation is 1. The number of nitrogens with one attached hydrogen (secondary N) is 1. The van der Waals surface area contributed by atoms with Crippen LogP contribution in [0.5, 0.6) is 0 Å².